The molecule has 1 saturated heterocycles. The van der Waals surface area contributed by atoms with Gasteiger partial charge in [0.1, 0.15) is 17.5 Å². The number of rotatable bonds is 4. The molecule has 0 spiro atoms. The zero-order valence-corrected chi connectivity index (χ0v) is 11.2. The molecule has 0 bridgehead atoms. The molecule has 1 N–H and O–H groups in total. The molecule has 5 heteroatoms. The summed E-state index contributed by atoms with van der Waals surface area (Å²) < 4.78 is 1.75. The maximum absolute atomic E-state index is 9.11. The van der Waals surface area contributed by atoms with Crippen molar-refractivity contribution in [3.63, 3.8) is 0 Å². The van der Waals surface area contributed by atoms with Crippen molar-refractivity contribution in [3.05, 3.63) is 11.3 Å². The standard InChI is InChI=1S/C13H21N5/c1-11-12(10-14)13(17(2)16-11)15-6-9-18-7-4-3-5-8-18/h15H,3-9H2,1-2H3. The molecule has 1 aliphatic rings. The second-order valence-corrected chi connectivity index (χ2v) is 4.87. The average molecular weight is 247 g/mol. The molecule has 0 unspecified atom stereocenters. The molecule has 18 heavy (non-hydrogen) atoms. The van der Waals surface area contributed by atoms with E-state index in [1.54, 1.807) is 4.68 Å². The average Bonchev–Trinajstić information content (AvgIpc) is 2.65. The fourth-order valence-corrected chi connectivity index (χ4v) is 2.51. The Balaban J connectivity index is 1.88. The highest BCUT2D eigenvalue weighted by atomic mass is 15.3. The second kappa shape index (κ2) is 5.87. The minimum Gasteiger partial charge on any atom is -0.368 e. The molecule has 1 aliphatic heterocycles. The van der Waals surface area contributed by atoms with Crippen LogP contribution in [0.1, 0.15) is 30.5 Å². The van der Waals surface area contributed by atoms with Gasteiger partial charge in [0.15, 0.2) is 0 Å². The summed E-state index contributed by atoms with van der Waals surface area (Å²) in [5.41, 5.74) is 1.46. The molecule has 0 saturated carbocycles. The number of nitrogens with one attached hydrogen (secondary N) is 1. The SMILES string of the molecule is Cc1nn(C)c(NCCN2CCCCC2)c1C#N. The van der Waals surface area contributed by atoms with E-state index in [1.807, 2.05) is 14.0 Å². The van der Waals surface area contributed by atoms with E-state index < -0.39 is 0 Å². The van der Waals surface area contributed by atoms with Crippen LogP contribution in [-0.4, -0.2) is 40.9 Å². The van der Waals surface area contributed by atoms with Crippen LogP contribution in [-0.2, 0) is 7.05 Å². The first-order valence-electron chi connectivity index (χ1n) is 6.62. The summed E-state index contributed by atoms with van der Waals surface area (Å²) in [6, 6.07) is 2.21. The third-order valence-electron chi connectivity index (χ3n) is 3.50. The van der Waals surface area contributed by atoms with Gasteiger partial charge in [-0.2, -0.15) is 10.4 Å². The minimum absolute atomic E-state index is 0.663. The van der Waals surface area contributed by atoms with Crippen molar-refractivity contribution in [2.24, 2.45) is 7.05 Å². The summed E-state index contributed by atoms with van der Waals surface area (Å²) in [7, 11) is 1.87. The number of hydrogen-bond acceptors (Lipinski definition) is 4. The van der Waals surface area contributed by atoms with Crippen LogP contribution in [0.3, 0.4) is 0 Å². The van der Waals surface area contributed by atoms with Crippen LogP contribution in [0.2, 0.25) is 0 Å². The number of piperidine rings is 1. The molecule has 2 rings (SSSR count). The number of aryl methyl sites for hydroxylation is 2. The van der Waals surface area contributed by atoms with Gasteiger partial charge in [0, 0.05) is 20.1 Å². The normalized spacial score (nSPS) is 16.5. The summed E-state index contributed by atoms with van der Waals surface area (Å²) in [6.07, 6.45) is 3.99. The van der Waals surface area contributed by atoms with Crippen molar-refractivity contribution >= 4 is 5.82 Å². The number of hydrogen-bond donors (Lipinski definition) is 1. The third kappa shape index (κ3) is 2.82. The van der Waals surface area contributed by atoms with Gasteiger partial charge in [-0.3, -0.25) is 4.68 Å². The Labute approximate surface area is 108 Å². The molecule has 1 aromatic heterocycles. The predicted octanol–water partition coefficient (Wildman–Crippen LogP) is 1.50. The number of aromatic nitrogens is 2. The molecule has 0 radical (unpaired) electrons. The molecule has 0 atom stereocenters. The maximum atomic E-state index is 9.11. The van der Waals surface area contributed by atoms with Gasteiger partial charge >= 0.3 is 0 Å². The van der Waals surface area contributed by atoms with Crippen LogP contribution < -0.4 is 5.32 Å². The molecule has 98 valence electrons. The smallest absolute Gasteiger partial charge is 0.142 e. The van der Waals surface area contributed by atoms with Gasteiger partial charge < -0.3 is 10.2 Å². The van der Waals surface area contributed by atoms with E-state index in [4.69, 9.17) is 5.26 Å². The van der Waals surface area contributed by atoms with Crippen molar-refractivity contribution in [3.8, 4) is 6.07 Å². The zero-order chi connectivity index (χ0) is 13.0. The highest BCUT2D eigenvalue weighted by molar-refractivity contribution is 5.54. The van der Waals surface area contributed by atoms with E-state index in [-0.39, 0.29) is 0 Å². The second-order valence-electron chi connectivity index (χ2n) is 4.87. The van der Waals surface area contributed by atoms with Gasteiger partial charge in [-0.1, -0.05) is 6.42 Å². The maximum Gasteiger partial charge on any atom is 0.142 e. The first-order valence-corrected chi connectivity index (χ1v) is 6.62. The van der Waals surface area contributed by atoms with Gasteiger partial charge in [0.2, 0.25) is 0 Å². The quantitative estimate of drug-likeness (QED) is 0.876. The molecule has 1 aromatic rings. The summed E-state index contributed by atoms with van der Waals surface area (Å²) >= 11 is 0. The summed E-state index contributed by atoms with van der Waals surface area (Å²) in [5, 5.41) is 16.7. The molecular formula is C13H21N5. The van der Waals surface area contributed by atoms with Crippen molar-refractivity contribution in [2.45, 2.75) is 26.2 Å². The highest BCUT2D eigenvalue weighted by Gasteiger charge is 2.13. The van der Waals surface area contributed by atoms with Crippen molar-refractivity contribution in [1.29, 1.82) is 5.26 Å². The van der Waals surface area contributed by atoms with E-state index >= 15 is 0 Å². The molecule has 0 aromatic carbocycles. The van der Waals surface area contributed by atoms with E-state index in [0.29, 0.717) is 5.56 Å². The first kappa shape index (κ1) is 12.9. The molecular weight excluding hydrogens is 226 g/mol. The lowest BCUT2D eigenvalue weighted by Crippen LogP contribution is -2.34. The van der Waals surface area contributed by atoms with Crippen molar-refractivity contribution < 1.29 is 0 Å². The van der Waals surface area contributed by atoms with Crippen molar-refractivity contribution in [1.82, 2.24) is 14.7 Å². The fourth-order valence-electron chi connectivity index (χ4n) is 2.51. The lowest BCUT2D eigenvalue weighted by atomic mass is 10.1. The molecule has 1 fully saturated rings. The molecule has 2 heterocycles. The van der Waals surface area contributed by atoms with Gasteiger partial charge in [-0.05, 0) is 32.9 Å². The van der Waals surface area contributed by atoms with E-state index in [2.05, 4.69) is 21.4 Å². The Morgan fingerprint density at radius 2 is 2.06 bits per heavy atom. The predicted molar refractivity (Wildman–Crippen MR) is 71.4 cm³/mol. The number of likely N-dealkylation sites (tertiary alicyclic amines) is 1. The topological polar surface area (TPSA) is 56.9 Å². The summed E-state index contributed by atoms with van der Waals surface area (Å²) in [5.74, 6) is 0.840. The first-order chi connectivity index (χ1) is 8.72. The van der Waals surface area contributed by atoms with E-state index in [9.17, 15) is 0 Å². The number of anilines is 1. The Morgan fingerprint density at radius 1 is 1.33 bits per heavy atom. The molecule has 0 aliphatic carbocycles. The Kier molecular flexibility index (Phi) is 4.21. The Bertz CT molecular complexity index is 437. The van der Waals surface area contributed by atoms with Crippen LogP contribution in [0.4, 0.5) is 5.82 Å². The van der Waals surface area contributed by atoms with Crippen molar-refractivity contribution in [2.75, 3.05) is 31.5 Å². The number of nitrogens with zero attached hydrogens (tertiary/aromatic N) is 4. The lowest BCUT2D eigenvalue weighted by Gasteiger charge is -2.26. The Hall–Kier alpha value is -1.54. The van der Waals surface area contributed by atoms with E-state index in [1.165, 1.54) is 32.4 Å². The zero-order valence-electron chi connectivity index (χ0n) is 11.2. The van der Waals surface area contributed by atoms with Crippen LogP contribution in [0, 0.1) is 18.3 Å². The fraction of sp³-hybridized carbons (Fsp3) is 0.692. The van der Waals surface area contributed by atoms with E-state index in [0.717, 1.165) is 24.6 Å². The van der Waals surface area contributed by atoms with Gasteiger partial charge in [-0.15, -0.1) is 0 Å². The molecule has 5 nitrogen and oxygen atoms in total. The molecule has 0 amide bonds. The minimum atomic E-state index is 0.663. The number of nitriles is 1. The summed E-state index contributed by atoms with van der Waals surface area (Å²) in [4.78, 5) is 2.48. The third-order valence-corrected chi connectivity index (χ3v) is 3.50. The Morgan fingerprint density at radius 3 is 2.72 bits per heavy atom. The largest absolute Gasteiger partial charge is 0.368 e. The lowest BCUT2D eigenvalue weighted by molar-refractivity contribution is 0.237. The van der Waals surface area contributed by atoms with Gasteiger partial charge in [-0.25, -0.2) is 0 Å². The summed E-state index contributed by atoms with van der Waals surface area (Å²) in [6.45, 7) is 6.19. The highest BCUT2D eigenvalue weighted by Crippen LogP contribution is 2.17. The van der Waals surface area contributed by atoms with Crippen LogP contribution >= 0.6 is 0 Å². The monoisotopic (exact) mass is 247 g/mol. The van der Waals surface area contributed by atoms with Gasteiger partial charge in [0.05, 0.1) is 5.69 Å². The van der Waals surface area contributed by atoms with Crippen LogP contribution in [0.15, 0.2) is 0 Å². The van der Waals surface area contributed by atoms with Crippen LogP contribution in [0.25, 0.3) is 0 Å². The van der Waals surface area contributed by atoms with Crippen LogP contribution in [0.5, 0.6) is 0 Å². The van der Waals surface area contributed by atoms with Gasteiger partial charge in [0.25, 0.3) is 0 Å².